The van der Waals surface area contributed by atoms with Crippen LogP contribution in [0.15, 0.2) is 0 Å². The largest absolute Gasteiger partial charge is 0.398 e. The van der Waals surface area contributed by atoms with E-state index in [1.165, 1.54) is 0 Å². The molecule has 0 aliphatic carbocycles. The number of hydrogen-bond donors (Lipinski definition) is 0. The molecule has 0 radical (unpaired) electrons. The van der Waals surface area contributed by atoms with Gasteiger partial charge in [-0.25, -0.2) is 0 Å². The van der Waals surface area contributed by atoms with Crippen LogP contribution in [-0.2, 0) is 0 Å². The summed E-state index contributed by atoms with van der Waals surface area (Å²) in [5, 5.41) is 9.93. The smallest absolute Gasteiger partial charge is 0.265 e. The van der Waals surface area contributed by atoms with Gasteiger partial charge in [-0.15, -0.1) is 0 Å². The summed E-state index contributed by atoms with van der Waals surface area (Å²) in [4.78, 5) is 9.02. The molecule has 13 heavy (non-hydrogen) atoms. The minimum atomic E-state index is -4.44. The number of halogens is 3. The molecule has 0 aliphatic rings. The molecular weight excluding hydrogens is 187 g/mol. The second-order valence-corrected chi connectivity index (χ2v) is 2.90. The summed E-state index contributed by atoms with van der Waals surface area (Å²) in [5.74, 6) is -1.79. The van der Waals surface area contributed by atoms with Gasteiger partial charge in [0.1, 0.15) is 5.92 Å². The van der Waals surface area contributed by atoms with Crippen molar-refractivity contribution in [1.29, 1.82) is 0 Å². The molecule has 6 heteroatoms. The zero-order chi connectivity index (χ0) is 10.5. The Labute approximate surface area is 74.1 Å². The molecule has 0 fully saturated rings. The molecule has 0 aromatic rings. The summed E-state index contributed by atoms with van der Waals surface area (Å²) >= 11 is 0. The van der Waals surface area contributed by atoms with Gasteiger partial charge in [0.15, 0.2) is 0 Å². The lowest BCUT2D eigenvalue weighted by molar-refractivity contribution is -0.497. The Balaban J connectivity index is 4.11. The molecule has 0 saturated heterocycles. The van der Waals surface area contributed by atoms with Crippen molar-refractivity contribution >= 4 is 0 Å². The Hall–Kier alpha value is -0.810. The van der Waals surface area contributed by atoms with Gasteiger partial charge in [-0.2, -0.15) is 13.2 Å². The van der Waals surface area contributed by atoms with Crippen LogP contribution >= 0.6 is 0 Å². The zero-order valence-corrected chi connectivity index (χ0v) is 7.30. The standard InChI is InChI=1S/C7H12F3NO2/c1-2-3-4-6(5-11(12)13)7(8,9)10/h6H,2-5H2,1H3. The lowest BCUT2D eigenvalue weighted by Gasteiger charge is -2.15. The van der Waals surface area contributed by atoms with E-state index in [1.54, 1.807) is 6.92 Å². The van der Waals surface area contributed by atoms with E-state index in [0.717, 1.165) is 0 Å². The third kappa shape index (κ3) is 5.43. The zero-order valence-electron chi connectivity index (χ0n) is 7.30. The van der Waals surface area contributed by atoms with E-state index in [4.69, 9.17) is 0 Å². The highest BCUT2D eigenvalue weighted by atomic mass is 19.4. The first kappa shape index (κ1) is 12.2. The number of unbranched alkanes of at least 4 members (excludes halogenated alkanes) is 1. The second-order valence-electron chi connectivity index (χ2n) is 2.90. The quantitative estimate of drug-likeness (QED) is 0.504. The summed E-state index contributed by atoms with van der Waals surface area (Å²) in [6, 6.07) is 0. The van der Waals surface area contributed by atoms with Crippen LogP contribution in [0.25, 0.3) is 0 Å². The lowest BCUT2D eigenvalue weighted by Crippen LogP contribution is -2.29. The maximum atomic E-state index is 12.1. The van der Waals surface area contributed by atoms with Crippen LogP contribution in [0.4, 0.5) is 13.2 Å². The van der Waals surface area contributed by atoms with Gasteiger partial charge < -0.3 is 0 Å². The van der Waals surface area contributed by atoms with Crippen LogP contribution in [0, 0.1) is 16.0 Å². The molecule has 1 unspecified atom stereocenters. The number of rotatable bonds is 5. The van der Waals surface area contributed by atoms with Crippen LogP contribution in [0.2, 0.25) is 0 Å². The average molecular weight is 199 g/mol. The second kappa shape index (κ2) is 5.04. The summed E-state index contributed by atoms with van der Waals surface area (Å²) in [6.07, 6.45) is -3.61. The molecule has 0 amide bonds. The van der Waals surface area contributed by atoms with Crippen molar-refractivity contribution in [3.63, 3.8) is 0 Å². The Morgan fingerprint density at radius 2 is 2.00 bits per heavy atom. The van der Waals surface area contributed by atoms with Gasteiger partial charge in [-0.3, -0.25) is 10.1 Å². The van der Waals surface area contributed by atoms with Gasteiger partial charge in [0.05, 0.1) is 0 Å². The van der Waals surface area contributed by atoms with Crippen LogP contribution in [0.3, 0.4) is 0 Å². The molecule has 0 aliphatic heterocycles. The summed E-state index contributed by atoms with van der Waals surface area (Å²) in [6.45, 7) is 0.739. The minimum absolute atomic E-state index is 0.152. The van der Waals surface area contributed by atoms with Crippen molar-refractivity contribution in [3.8, 4) is 0 Å². The molecule has 0 aromatic heterocycles. The van der Waals surface area contributed by atoms with Crippen LogP contribution in [-0.4, -0.2) is 17.6 Å². The normalized spacial score (nSPS) is 14.2. The first-order valence-corrected chi connectivity index (χ1v) is 4.06. The monoisotopic (exact) mass is 199 g/mol. The summed E-state index contributed by atoms with van der Waals surface area (Å²) < 4.78 is 36.3. The Kier molecular flexibility index (Phi) is 4.72. The van der Waals surface area contributed by atoms with E-state index >= 15 is 0 Å². The van der Waals surface area contributed by atoms with Gasteiger partial charge >= 0.3 is 6.18 Å². The number of hydrogen-bond acceptors (Lipinski definition) is 2. The predicted molar refractivity (Wildman–Crippen MR) is 40.9 cm³/mol. The first-order chi connectivity index (χ1) is 5.88. The topological polar surface area (TPSA) is 43.1 Å². The fourth-order valence-electron chi connectivity index (χ4n) is 0.989. The predicted octanol–water partition coefficient (Wildman–Crippen LogP) is 2.63. The Morgan fingerprint density at radius 3 is 2.31 bits per heavy atom. The maximum Gasteiger partial charge on any atom is 0.398 e. The van der Waals surface area contributed by atoms with Crippen LogP contribution < -0.4 is 0 Å². The number of nitro groups is 1. The third-order valence-electron chi connectivity index (χ3n) is 1.74. The molecule has 1 atom stereocenters. The molecule has 3 nitrogen and oxygen atoms in total. The molecule has 0 heterocycles. The molecular formula is C7H12F3NO2. The molecule has 0 rings (SSSR count). The van der Waals surface area contributed by atoms with Gasteiger partial charge in [0, 0.05) is 4.92 Å². The van der Waals surface area contributed by atoms with E-state index < -0.39 is 23.6 Å². The van der Waals surface area contributed by atoms with Gasteiger partial charge in [0.25, 0.3) is 0 Å². The lowest BCUT2D eigenvalue weighted by atomic mass is 10.0. The Bertz CT molecular complexity index is 170. The van der Waals surface area contributed by atoms with Gasteiger partial charge in [-0.05, 0) is 6.42 Å². The molecule has 0 spiro atoms. The highest BCUT2D eigenvalue weighted by Gasteiger charge is 2.42. The highest BCUT2D eigenvalue weighted by Crippen LogP contribution is 2.30. The highest BCUT2D eigenvalue weighted by molar-refractivity contribution is 4.66. The van der Waals surface area contributed by atoms with Crippen LogP contribution in [0.5, 0.6) is 0 Å². The molecule has 0 saturated carbocycles. The fraction of sp³-hybridized carbons (Fsp3) is 1.00. The van der Waals surface area contributed by atoms with E-state index in [2.05, 4.69) is 0 Å². The fourth-order valence-corrected chi connectivity index (χ4v) is 0.989. The van der Waals surface area contributed by atoms with Crippen molar-refractivity contribution in [2.75, 3.05) is 6.54 Å². The molecule has 0 N–H and O–H groups in total. The van der Waals surface area contributed by atoms with E-state index in [0.29, 0.717) is 12.8 Å². The molecule has 0 aromatic carbocycles. The average Bonchev–Trinajstić information content (AvgIpc) is 1.95. The van der Waals surface area contributed by atoms with Crippen molar-refractivity contribution < 1.29 is 18.1 Å². The summed E-state index contributed by atoms with van der Waals surface area (Å²) in [7, 11) is 0. The van der Waals surface area contributed by atoms with Crippen molar-refractivity contribution in [2.24, 2.45) is 5.92 Å². The number of nitrogens with zero attached hydrogens (tertiary/aromatic N) is 1. The van der Waals surface area contributed by atoms with E-state index in [1.807, 2.05) is 0 Å². The van der Waals surface area contributed by atoms with Gasteiger partial charge in [0.2, 0.25) is 6.54 Å². The third-order valence-corrected chi connectivity index (χ3v) is 1.74. The van der Waals surface area contributed by atoms with E-state index in [-0.39, 0.29) is 6.42 Å². The van der Waals surface area contributed by atoms with Crippen molar-refractivity contribution in [1.82, 2.24) is 0 Å². The SMILES string of the molecule is CCCCC(C[N+](=O)[O-])C(F)(F)F. The number of alkyl halides is 3. The van der Waals surface area contributed by atoms with E-state index in [9.17, 15) is 23.3 Å². The molecule has 78 valence electrons. The minimum Gasteiger partial charge on any atom is -0.265 e. The maximum absolute atomic E-state index is 12.1. The van der Waals surface area contributed by atoms with Crippen molar-refractivity contribution in [3.05, 3.63) is 10.1 Å². The molecule has 0 bridgehead atoms. The Morgan fingerprint density at radius 1 is 1.46 bits per heavy atom. The summed E-state index contributed by atoms with van der Waals surface area (Å²) in [5.41, 5.74) is 0. The van der Waals surface area contributed by atoms with Crippen LogP contribution in [0.1, 0.15) is 26.2 Å². The van der Waals surface area contributed by atoms with Gasteiger partial charge in [-0.1, -0.05) is 19.8 Å². The first-order valence-electron chi connectivity index (χ1n) is 4.06. The van der Waals surface area contributed by atoms with Crippen molar-refractivity contribution in [2.45, 2.75) is 32.4 Å².